The third-order valence-electron chi connectivity index (χ3n) is 2.92. The summed E-state index contributed by atoms with van der Waals surface area (Å²) in [6.45, 7) is 0.451. The Morgan fingerprint density at radius 3 is 2.67 bits per heavy atom. The number of amides is 1. The van der Waals surface area contributed by atoms with Crippen LogP contribution in [0.15, 0.2) is 42.7 Å². The lowest BCUT2D eigenvalue weighted by atomic mass is 10.2. The number of benzene rings is 1. The van der Waals surface area contributed by atoms with Gasteiger partial charge in [0.25, 0.3) is 5.91 Å². The van der Waals surface area contributed by atoms with Gasteiger partial charge in [0.2, 0.25) is 0 Å². The summed E-state index contributed by atoms with van der Waals surface area (Å²) < 4.78 is 0. The molecule has 110 valence electrons. The largest absolute Gasteiger partial charge is 0.395 e. The normalized spacial score (nSPS) is 10.4. The average Bonchev–Trinajstić information content (AvgIpc) is 2.50. The van der Waals surface area contributed by atoms with Crippen LogP contribution >= 0.6 is 23.2 Å². The van der Waals surface area contributed by atoms with Crippen LogP contribution in [0, 0.1) is 0 Å². The molecule has 21 heavy (non-hydrogen) atoms. The number of hydrogen-bond donors (Lipinski definition) is 1. The maximum atomic E-state index is 12.4. The molecule has 0 unspecified atom stereocenters. The van der Waals surface area contributed by atoms with E-state index in [0.29, 0.717) is 22.2 Å². The number of pyridine rings is 1. The highest BCUT2D eigenvalue weighted by Gasteiger charge is 2.16. The van der Waals surface area contributed by atoms with Gasteiger partial charge in [-0.1, -0.05) is 29.3 Å². The quantitative estimate of drug-likeness (QED) is 0.919. The Balaban J connectivity index is 2.19. The van der Waals surface area contributed by atoms with Gasteiger partial charge in [-0.2, -0.15) is 0 Å². The smallest absolute Gasteiger partial charge is 0.255 e. The Bertz CT molecular complexity index is 620. The fourth-order valence-corrected chi connectivity index (χ4v) is 2.22. The fourth-order valence-electron chi connectivity index (χ4n) is 1.90. The first-order valence-electron chi connectivity index (χ1n) is 6.36. The fraction of sp³-hybridized carbons (Fsp3) is 0.200. The van der Waals surface area contributed by atoms with Crippen molar-refractivity contribution in [2.24, 2.45) is 0 Å². The van der Waals surface area contributed by atoms with Crippen LogP contribution in [-0.4, -0.2) is 34.0 Å². The van der Waals surface area contributed by atoms with E-state index in [2.05, 4.69) is 4.98 Å². The van der Waals surface area contributed by atoms with E-state index < -0.39 is 0 Å². The molecule has 0 radical (unpaired) electrons. The zero-order valence-electron chi connectivity index (χ0n) is 11.2. The van der Waals surface area contributed by atoms with Crippen molar-refractivity contribution >= 4 is 29.1 Å². The average molecular weight is 325 g/mol. The van der Waals surface area contributed by atoms with Crippen LogP contribution in [0.4, 0.5) is 0 Å². The van der Waals surface area contributed by atoms with Gasteiger partial charge in [0.05, 0.1) is 22.2 Å². The van der Waals surface area contributed by atoms with Gasteiger partial charge in [-0.15, -0.1) is 0 Å². The molecule has 0 spiro atoms. The molecular formula is C15H14Cl2N2O2. The van der Waals surface area contributed by atoms with Gasteiger partial charge in [0.15, 0.2) is 0 Å². The third kappa shape index (κ3) is 4.17. The molecule has 0 aliphatic carbocycles. The highest BCUT2D eigenvalue weighted by molar-refractivity contribution is 6.42. The highest BCUT2D eigenvalue weighted by Crippen LogP contribution is 2.23. The SMILES string of the molecule is O=C(c1cccnc1)N(CCO)Cc1ccc(Cl)c(Cl)c1. The van der Waals surface area contributed by atoms with Crippen molar-refractivity contribution in [3.63, 3.8) is 0 Å². The number of aromatic nitrogens is 1. The molecule has 4 nitrogen and oxygen atoms in total. The van der Waals surface area contributed by atoms with Crippen molar-refractivity contribution in [2.45, 2.75) is 6.54 Å². The summed E-state index contributed by atoms with van der Waals surface area (Å²) >= 11 is 11.9. The number of halogens is 2. The number of rotatable bonds is 5. The number of aliphatic hydroxyl groups excluding tert-OH is 1. The Hall–Kier alpha value is -1.62. The molecule has 0 saturated carbocycles. The first kappa shape index (κ1) is 15.8. The maximum absolute atomic E-state index is 12.4. The minimum Gasteiger partial charge on any atom is -0.395 e. The lowest BCUT2D eigenvalue weighted by Crippen LogP contribution is -2.33. The standard InChI is InChI=1S/C15H14Cl2N2O2/c16-13-4-3-11(8-14(13)17)10-19(6-7-20)15(21)12-2-1-5-18-9-12/h1-5,8-9,20H,6-7,10H2. The number of carbonyl (C=O) groups is 1. The van der Waals surface area contributed by atoms with Gasteiger partial charge < -0.3 is 10.0 Å². The van der Waals surface area contributed by atoms with Gasteiger partial charge in [0, 0.05) is 25.5 Å². The molecule has 2 rings (SSSR count). The maximum Gasteiger partial charge on any atom is 0.255 e. The Kier molecular flexibility index (Phi) is 5.56. The van der Waals surface area contributed by atoms with Crippen molar-refractivity contribution < 1.29 is 9.90 Å². The van der Waals surface area contributed by atoms with E-state index in [1.165, 1.54) is 11.1 Å². The molecule has 0 atom stereocenters. The van der Waals surface area contributed by atoms with Crippen LogP contribution in [-0.2, 0) is 6.54 Å². The Morgan fingerprint density at radius 1 is 1.24 bits per heavy atom. The molecule has 0 aliphatic heterocycles. The highest BCUT2D eigenvalue weighted by atomic mass is 35.5. The van der Waals surface area contributed by atoms with Crippen LogP contribution in [0.25, 0.3) is 0 Å². The van der Waals surface area contributed by atoms with Crippen LogP contribution in [0.5, 0.6) is 0 Å². The van der Waals surface area contributed by atoms with Gasteiger partial charge >= 0.3 is 0 Å². The van der Waals surface area contributed by atoms with Crippen molar-refractivity contribution in [2.75, 3.05) is 13.2 Å². The molecule has 1 aromatic heterocycles. The van der Waals surface area contributed by atoms with Crippen molar-refractivity contribution in [1.29, 1.82) is 0 Å². The topological polar surface area (TPSA) is 53.4 Å². The van der Waals surface area contributed by atoms with Gasteiger partial charge in [0.1, 0.15) is 0 Å². The summed E-state index contributed by atoms with van der Waals surface area (Å²) in [5, 5.41) is 10.1. The lowest BCUT2D eigenvalue weighted by molar-refractivity contribution is 0.0707. The van der Waals surface area contributed by atoms with Crippen LogP contribution in [0.2, 0.25) is 10.0 Å². The van der Waals surface area contributed by atoms with E-state index in [4.69, 9.17) is 28.3 Å². The molecule has 1 aromatic carbocycles. The summed E-state index contributed by atoms with van der Waals surface area (Å²) in [5.41, 5.74) is 1.32. The summed E-state index contributed by atoms with van der Waals surface area (Å²) in [7, 11) is 0. The Morgan fingerprint density at radius 2 is 2.05 bits per heavy atom. The van der Waals surface area contributed by atoms with Gasteiger partial charge in [-0.3, -0.25) is 9.78 Å². The second-order valence-electron chi connectivity index (χ2n) is 4.44. The van der Waals surface area contributed by atoms with Crippen LogP contribution < -0.4 is 0 Å². The zero-order chi connectivity index (χ0) is 15.2. The number of nitrogens with zero attached hydrogens (tertiary/aromatic N) is 2. The van der Waals surface area contributed by atoms with Crippen LogP contribution in [0.1, 0.15) is 15.9 Å². The second kappa shape index (κ2) is 7.41. The predicted molar refractivity (Wildman–Crippen MR) is 82.5 cm³/mol. The van der Waals surface area contributed by atoms with E-state index in [9.17, 15) is 4.79 Å². The number of aliphatic hydroxyl groups is 1. The van der Waals surface area contributed by atoms with E-state index in [1.54, 1.807) is 36.5 Å². The van der Waals surface area contributed by atoms with E-state index >= 15 is 0 Å². The van der Waals surface area contributed by atoms with Crippen molar-refractivity contribution in [3.8, 4) is 0 Å². The first-order chi connectivity index (χ1) is 10.1. The molecule has 0 fully saturated rings. The molecule has 0 aliphatic rings. The molecule has 1 heterocycles. The molecule has 0 bridgehead atoms. The third-order valence-corrected chi connectivity index (χ3v) is 3.66. The lowest BCUT2D eigenvalue weighted by Gasteiger charge is -2.22. The molecular weight excluding hydrogens is 311 g/mol. The minimum atomic E-state index is -0.191. The van der Waals surface area contributed by atoms with Crippen molar-refractivity contribution in [3.05, 3.63) is 63.9 Å². The van der Waals surface area contributed by atoms with Crippen LogP contribution in [0.3, 0.4) is 0 Å². The van der Waals surface area contributed by atoms with Gasteiger partial charge in [-0.25, -0.2) is 0 Å². The zero-order valence-corrected chi connectivity index (χ0v) is 12.7. The minimum absolute atomic E-state index is 0.118. The van der Waals surface area contributed by atoms with E-state index in [1.807, 2.05) is 0 Å². The van der Waals surface area contributed by atoms with E-state index in [-0.39, 0.29) is 19.1 Å². The molecule has 6 heteroatoms. The van der Waals surface area contributed by atoms with Crippen molar-refractivity contribution in [1.82, 2.24) is 9.88 Å². The predicted octanol–water partition coefficient (Wildman–Crippen LogP) is 3.02. The Labute approximate surface area is 132 Å². The molecule has 1 amide bonds. The first-order valence-corrected chi connectivity index (χ1v) is 7.11. The summed E-state index contributed by atoms with van der Waals surface area (Å²) in [6, 6.07) is 8.59. The molecule has 1 N–H and O–H groups in total. The number of carbonyl (C=O) groups excluding carboxylic acids is 1. The monoisotopic (exact) mass is 324 g/mol. The molecule has 2 aromatic rings. The summed E-state index contributed by atoms with van der Waals surface area (Å²) in [6.07, 6.45) is 3.10. The second-order valence-corrected chi connectivity index (χ2v) is 5.25. The summed E-state index contributed by atoms with van der Waals surface area (Å²) in [5.74, 6) is -0.191. The molecule has 0 saturated heterocycles. The summed E-state index contributed by atoms with van der Waals surface area (Å²) in [4.78, 5) is 17.9. The number of hydrogen-bond acceptors (Lipinski definition) is 3. The van der Waals surface area contributed by atoms with E-state index in [0.717, 1.165) is 5.56 Å². The van der Waals surface area contributed by atoms with Gasteiger partial charge in [-0.05, 0) is 29.8 Å².